The monoisotopic (exact) mass is 244 g/mol. The molecule has 0 amide bonds. The predicted molar refractivity (Wildman–Crippen MR) is 67.7 cm³/mol. The zero-order valence-electron chi connectivity index (χ0n) is 10.2. The first-order valence-electron chi connectivity index (χ1n) is 5.55. The molecule has 3 nitrogen and oxygen atoms in total. The quantitative estimate of drug-likeness (QED) is 0.614. The van der Waals surface area contributed by atoms with Gasteiger partial charge in [0.25, 0.3) is 0 Å². The number of allylic oxidation sites excluding steroid dienone is 1. The van der Waals surface area contributed by atoms with Crippen molar-refractivity contribution < 1.29 is 9.18 Å². The summed E-state index contributed by atoms with van der Waals surface area (Å²) in [6.45, 7) is 1.77. The fourth-order valence-electron chi connectivity index (χ4n) is 1.71. The van der Waals surface area contributed by atoms with Crippen molar-refractivity contribution in [3.05, 3.63) is 59.2 Å². The van der Waals surface area contributed by atoms with Crippen LogP contribution < -0.4 is 0 Å². The van der Waals surface area contributed by atoms with Crippen LogP contribution in [0.2, 0.25) is 0 Å². The van der Waals surface area contributed by atoms with Gasteiger partial charge in [0.05, 0.1) is 11.3 Å². The highest BCUT2D eigenvalue weighted by Crippen LogP contribution is 2.11. The number of hydrogen-bond acceptors (Lipinski definition) is 2. The van der Waals surface area contributed by atoms with Crippen molar-refractivity contribution in [1.29, 1.82) is 0 Å². The molecule has 0 fully saturated rings. The third-order valence-electron chi connectivity index (χ3n) is 2.60. The Morgan fingerprint density at radius 3 is 2.72 bits per heavy atom. The van der Waals surface area contributed by atoms with E-state index in [1.54, 1.807) is 43.0 Å². The Bertz CT molecular complexity index is 614. The molecule has 0 atom stereocenters. The molecule has 0 saturated carbocycles. The van der Waals surface area contributed by atoms with E-state index >= 15 is 0 Å². The van der Waals surface area contributed by atoms with E-state index < -0.39 is 0 Å². The Kier molecular flexibility index (Phi) is 3.37. The van der Waals surface area contributed by atoms with Gasteiger partial charge in [-0.15, -0.1) is 0 Å². The fraction of sp³-hybridized carbons (Fsp3) is 0.143. The van der Waals surface area contributed by atoms with Gasteiger partial charge in [-0.1, -0.05) is 18.2 Å². The number of halogens is 1. The van der Waals surface area contributed by atoms with Gasteiger partial charge in [0.15, 0.2) is 5.78 Å². The molecule has 0 radical (unpaired) electrons. The van der Waals surface area contributed by atoms with Crippen molar-refractivity contribution in [2.75, 3.05) is 0 Å². The Balaban J connectivity index is 2.22. The van der Waals surface area contributed by atoms with Crippen LogP contribution in [0.3, 0.4) is 0 Å². The zero-order valence-corrected chi connectivity index (χ0v) is 10.2. The van der Waals surface area contributed by atoms with Crippen LogP contribution in [0.25, 0.3) is 6.08 Å². The van der Waals surface area contributed by atoms with Gasteiger partial charge < -0.3 is 0 Å². The highest BCUT2D eigenvalue weighted by atomic mass is 19.1. The van der Waals surface area contributed by atoms with Crippen molar-refractivity contribution in [2.45, 2.75) is 6.92 Å². The number of benzene rings is 1. The number of nitrogens with zero attached hydrogens (tertiary/aromatic N) is 2. The highest BCUT2D eigenvalue weighted by molar-refractivity contribution is 6.07. The fourth-order valence-corrected chi connectivity index (χ4v) is 1.71. The normalized spacial score (nSPS) is 11.1. The van der Waals surface area contributed by atoms with Crippen LogP contribution in [0.5, 0.6) is 0 Å². The molecule has 1 heterocycles. The van der Waals surface area contributed by atoms with Crippen LogP contribution in [0.1, 0.15) is 21.6 Å². The van der Waals surface area contributed by atoms with Crippen LogP contribution in [0, 0.1) is 12.7 Å². The molecule has 1 aromatic carbocycles. The Morgan fingerprint density at radius 2 is 2.11 bits per heavy atom. The lowest BCUT2D eigenvalue weighted by atomic mass is 10.1. The van der Waals surface area contributed by atoms with Gasteiger partial charge in [-0.3, -0.25) is 9.48 Å². The summed E-state index contributed by atoms with van der Waals surface area (Å²) >= 11 is 0. The van der Waals surface area contributed by atoms with E-state index in [-0.39, 0.29) is 11.6 Å². The minimum Gasteiger partial charge on any atom is -0.289 e. The van der Waals surface area contributed by atoms with Crippen LogP contribution in [-0.4, -0.2) is 15.6 Å². The molecule has 0 N–H and O–H groups in total. The predicted octanol–water partition coefficient (Wildman–Crippen LogP) is 2.76. The first-order chi connectivity index (χ1) is 8.58. The van der Waals surface area contributed by atoms with E-state index in [1.807, 2.05) is 0 Å². The Hall–Kier alpha value is -2.23. The topological polar surface area (TPSA) is 34.9 Å². The summed E-state index contributed by atoms with van der Waals surface area (Å²) in [6, 6.07) is 6.32. The summed E-state index contributed by atoms with van der Waals surface area (Å²) in [5.74, 6) is -0.520. The average Bonchev–Trinajstić information content (AvgIpc) is 2.67. The van der Waals surface area contributed by atoms with Crippen LogP contribution in [0.15, 0.2) is 36.5 Å². The smallest absolute Gasteiger partial charge is 0.189 e. The minimum atomic E-state index is -0.343. The largest absolute Gasteiger partial charge is 0.289 e. The molecule has 0 spiro atoms. The van der Waals surface area contributed by atoms with E-state index in [0.717, 1.165) is 0 Å². The second-order valence-corrected chi connectivity index (χ2v) is 4.02. The molecule has 2 aromatic rings. The van der Waals surface area contributed by atoms with Crippen LogP contribution in [-0.2, 0) is 7.05 Å². The third kappa shape index (κ3) is 2.53. The molecule has 92 valence electrons. The lowest BCUT2D eigenvalue weighted by Crippen LogP contribution is -1.94. The molecule has 0 aliphatic carbocycles. The number of carbonyl (C=O) groups is 1. The van der Waals surface area contributed by atoms with Gasteiger partial charge in [0.1, 0.15) is 5.82 Å². The summed E-state index contributed by atoms with van der Waals surface area (Å²) < 4.78 is 14.9. The highest BCUT2D eigenvalue weighted by Gasteiger charge is 2.09. The molecule has 0 aliphatic rings. The summed E-state index contributed by atoms with van der Waals surface area (Å²) in [5.41, 5.74) is 1.60. The van der Waals surface area contributed by atoms with Gasteiger partial charge in [-0.2, -0.15) is 5.10 Å². The van der Waals surface area contributed by atoms with Gasteiger partial charge in [0, 0.05) is 18.8 Å². The Labute approximate surface area is 105 Å². The van der Waals surface area contributed by atoms with Gasteiger partial charge in [0.2, 0.25) is 0 Å². The molecule has 0 unspecified atom stereocenters. The molecule has 0 bridgehead atoms. The minimum absolute atomic E-state index is 0.177. The van der Waals surface area contributed by atoms with Gasteiger partial charge >= 0.3 is 0 Å². The number of hydrogen-bond donors (Lipinski definition) is 0. The second-order valence-electron chi connectivity index (χ2n) is 4.02. The molecule has 2 rings (SSSR count). The third-order valence-corrected chi connectivity index (χ3v) is 2.60. The van der Waals surface area contributed by atoms with Gasteiger partial charge in [-0.05, 0) is 25.1 Å². The standard InChI is InChI=1S/C14H13FN2O/c1-10-12(9-17(2)16-10)14(18)8-7-11-5-3-4-6-13(11)15/h3-9H,1-2H3/b8-7+. The zero-order chi connectivity index (χ0) is 13.1. The molecular formula is C14H13FN2O. The van der Waals surface area contributed by atoms with Gasteiger partial charge in [-0.25, -0.2) is 4.39 Å². The molecule has 4 heteroatoms. The lowest BCUT2D eigenvalue weighted by Gasteiger charge is -1.95. The average molecular weight is 244 g/mol. The summed E-state index contributed by atoms with van der Waals surface area (Å²) in [4.78, 5) is 11.9. The van der Waals surface area contributed by atoms with E-state index in [9.17, 15) is 9.18 Å². The van der Waals surface area contributed by atoms with Crippen molar-refractivity contribution in [3.63, 3.8) is 0 Å². The summed E-state index contributed by atoms with van der Waals surface area (Å²) in [5, 5.41) is 4.09. The molecule has 1 aromatic heterocycles. The molecular weight excluding hydrogens is 231 g/mol. The number of aromatic nitrogens is 2. The number of aryl methyl sites for hydroxylation is 2. The summed E-state index contributed by atoms with van der Waals surface area (Å²) in [7, 11) is 1.75. The van der Waals surface area contributed by atoms with E-state index in [1.165, 1.54) is 18.2 Å². The van der Waals surface area contributed by atoms with E-state index in [0.29, 0.717) is 16.8 Å². The van der Waals surface area contributed by atoms with Crippen molar-refractivity contribution >= 4 is 11.9 Å². The summed E-state index contributed by atoms with van der Waals surface area (Å²) in [6.07, 6.45) is 4.50. The molecule has 0 saturated heterocycles. The van der Waals surface area contributed by atoms with Crippen LogP contribution >= 0.6 is 0 Å². The maximum Gasteiger partial charge on any atom is 0.189 e. The first kappa shape index (κ1) is 12.2. The van der Waals surface area contributed by atoms with E-state index in [2.05, 4.69) is 5.10 Å². The lowest BCUT2D eigenvalue weighted by molar-refractivity contribution is 0.104. The van der Waals surface area contributed by atoms with Crippen molar-refractivity contribution in [3.8, 4) is 0 Å². The maximum absolute atomic E-state index is 13.3. The number of ketones is 1. The SMILES string of the molecule is Cc1nn(C)cc1C(=O)/C=C/c1ccccc1F. The number of carbonyl (C=O) groups excluding carboxylic acids is 1. The number of rotatable bonds is 3. The Morgan fingerprint density at radius 1 is 1.39 bits per heavy atom. The van der Waals surface area contributed by atoms with E-state index in [4.69, 9.17) is 0 Å². The first-order valence-corrected chi connectivity index (χ1v) is 5.55. The van der Waals surface area contributed by atoms with Crippen molar-refractivity contribution in [2.24, 2.45) is 7.05 Å². The molecule has 18 heavy (non-hydrogen) atoms. The van der Waals surface area contributed by atoms with Crippen molar-refractivity contribution in [1.82, 2.24) is 9.78 Å². The maximum atomic E-state index is 13.3. The second kappa shape index (κ2) is 4.96. The molecule has 0 aliphatic heterocycles. The van der Waals surface area contributed by atoms with Crippen LogP contribution in [0.4, 0.5) is 4.39 Å².